The number of hydrogen-bond acceptors (Lipinski definition) is 5. The van der Waals surface area contributed by atoms with E-state index in [4.69, 9.17) is 4.74 Å². The van der Waals surface area contributed by atoms with Crippen LogP contribution in [0.2, 0.25) is 0 Å². The van der Waals surface area contributed by atoms with Gasteiger partial charge in [0, 0.05) is 45.7 Å². The number of hydrogen-bond donors (Lipinski definition) is 1. The van der Waals surface area contributed by atoms with Crippen molar-refractivity contribution >= 4 is 17.5 Å². The van der Waals surface area contributed by atoms with Crippen molar-refractivity contribution in [1.29, 1.82) is 0 Å². The second kappa shape index (κ2) is 7.38. The second-order valence-electron chi connectivity index (χ2n) is 8.07. The third kappa shape index (κ3) is 4.03. The van der Waals surface area contributed by atoms with Crippen LogP contribution in [0.4, 0.5) is 5.69 Å². The Bertz CT molecular complexity index is 730. The van der Waals surface area contributed by atoms with Crippen LogP contribution in [0.5, 0.6) is 5.75 Å². The first-order valence-corrected chi connectivity index (χ1v) is 9.32. The molecule has 0 radical (unpaired) electrons. The number of carbonyl (C=O) groups is 2. The molecule has 1 saturated carbocycles. The maximum Gasteiger partial charge on any atom is 0.253 e. The molecule has 2 aliphatic rings. The fourth-order valence-corrected chi connectivity index (χ4v) is 3.49. The normalized spacial score (nSPS) is 19.7. The molecule has 1 N–H and O–H groups in total. The number of fused-ring (bicyclic) bond motifs is 1. The number of nitrogens with zero attached hydrogens (tertiary/aromatic N) is 3. The van der Waals surface area contributed by atoms with Gasteiger partial charge in [-0.1, -0.05) is 0 Å². The quantitative estimate of drug-likeness (QED) is 0.809. The minimum absolute atomic E-state index is 0.0409. The van der Waals surface area contributed by atoms with Crippen molar-refractivity contribution in [3.63, 3.8) is 0 Å². The highest BCUT2D eigenvalue weighted by molar-refractivity contribution is 5.95. The van der Waals surface area contributed by atoms with Gasteiger partial charge in [-0.05, 0) is 31.0 Å². The fourth-order valence-electron chi connectivity index (χ4n) is 3.49. The Morgan fingerprint density at radius 1 is 1.30 bits per heavy atom. The van der Waals surface area contributed by atoms with E-state index in [1.807, 2.05) is 24.1 Å². The molecule has 0 unspecified atom stereocenters. The molecule has 1 aliphatic carbocycles. The summed E-state index contributed by atoms with van der Waals surface area (Å²) in [5.41, 5.74) is 1.33. The number of benzene rings is 1. The maximum atomic E-state index is 12.7. The average molecular weight is 375 g/mol. The topological polar surface area (TPSA) is 73.3 Å². The lowest BCUT2D eigenvalue weighted by atomic mass is 10.1. The van der Waals surface area contributed by atoms with E-state index in [1.165, 1.54) is 4.90 Å². The van der Waals surface area contributed by atoms with Crippen molar-refractivity contribution in [2.24, 2.45) is 5.41 Å². The molecule has 0 spiro atoms. The number of aliphatic hydroxyl groups excluding tert-OH is 1. The largest absolute Gasteiger partial charge is 0.489 e. The van der Waals surface area contributed by atoms with Crippen molar-refractivity contribution in [2.75, 3.05) is 52.8 Å². The first-order chi connectivity index (χ1) is 12.8. The lowest BCUT2D eigenvalue weighted by molar-refractivity contribution is -0.131. The average Bonchev–Trinajstić information content (AvgIpc) is 3.43. The van der Waals surface area contributed by atoms with Gasteiger partial charge in [-0.25, -0.2) is 0 Å². The van der Waals surface area contributed by atoms with Gasteiger partial charge in [0.25, 0.3) is 5.91 Å². The van der Waals surface area contributed by atoms with Crippen molar-refractivity contribution in [2.45, 2.75) is 25.3 Å². The fraction of sp³-hybridized carbons (Fsp3) is 0.600. The number of ether oxygens (including phenoxy) is 1. The Kier molecular flexibility index (Phi) is 5.33. The minimum atomic E-state index is -0.0959. The van der Waals surface area contributed by atoms with Gasteiger partial charge in [0.2, 0.25) is 5.91 Å². The van der Waals surface area contributed by atoms with Crippen LogP contribution in [-0.4, -0.2) is 80.7 Å². The highest BCUT2D eigenvalue weighted by Gasteiger charge is 2.43. The molecule has 0 aromatic heterocycles. The van der Waals surface area contributed by atoms with Crippen LogP contribution in [0.25, 0.3) is 0 Å². The van der Waals surface area contributed by atoms with Crippen molar-refractivity contribution < 1.29 is 19.4 Å². The zero-order valence-electron chi connectivity index (χ0n) is 16.6. The summed E-state index contributed by atoms with van der Waals surface area (Å²) in [7, 11) is 7.17. The zero-order valence-corrected chi connectivity index (χ0v) is 16.6. The van der Waals surface area contributed by atoms with Gasteiger partial charge in [0.05, 0.1) is 24.8 Å². The van der Waals surface area contributed by atoms with Crippen LogP contribution >= 0.6 is 0 Å². The Morgan fingerprint density at radius 3 is 2.59 bits per heavy atom. The summed E-state index contributed by atoms with van der Waals surface area (Å²) in [4.78, 5) is 30.2. The van der Waals surface area contributed by atoms with Gasteiger partial charge in [0.15, 0.2) is 0 Å². The monoisotopic (exact) mass is 375 g/mol. The summed E-state index contributed by atoms with van der Waals surface area (Å²) >= 11 is 0. The smallest absolute Gasteiger partial charge is 0.253 e. The molecule has 1 aromatic rings. The molecule has 148 valence electrons. The van der Waals surface area contributed by atoms with E-state index < -0.39 is 0 Å². The van der Waals surface area contributed by atoms with Crippen LogP contribution in [0, 0.1) is 5.41 Å². The molecule has 0 bridgehead atoms. The third-order valence-electron chi connectivity index (χ3n) is 5.67. The molecule has 1 heterocycles. The van der Waals surface area contributed by atoms with Crippen LogP contribution in [0.15, 0.2) is 18.2 Å². The lowest BCUT2D eigenvalue weighted by Crippen LogP contribution is -2.45. The van der Waals surface area contributed by atoms with Gasteiger partial charge in [0.1, 0.15) is 12.4 Å². The summed E-state index contributed by atoms with van der Waals surface area (Å²) in [6, 6.07) is 5.30. The van der Waals surface area contributed by atoms with E-state index in [1.54, 1.807) is 32.1 Å². The van der Waals surface area contributed by atoms with E-state index in [2.05, 4.69) is 0 Å². The summed E-state index contributed by atoms with van der Waals surface area (Å²) in [5.74, 6) is 0.698. The summed E-state index contributed by atoms with van der Waals surface area (Å²) < 4.78 is 5.84. The predicted molar refractivity (Wildman–Crippen MR) is 103 cm³/mol. The molecule has 3 rings (SSSR count). The molecule has 1 aromatic carbocycles. The maximum absolute atomic E-state index is 12.7. The molecule has 1 aliphatic heterocycles. The van der Waals surface area contributed by atoms with Gasteiger partial charge in [-0.2, -0.15) is 0 Å². The molecule has 1 fully saturated rings. The standard InChI is InChI=1S/C20H29N3O4/c1-21(2)19(26)14-5-6-17-16(9-14)23(4)15(11-27-17)10-18(25)22(3)12-20(13-24)7-8-20/h5-6,9,15,24H,7-8,10-13H2,1-4H3/t15-/m1/s1. The summed E-state index contributed by atoms with van der Waals surface area (Å²) in [5, 5.41) is 9.47. The second-order valence-corrected chi connectivity index (χ2v) is 8.07. The van der Waals surface area contributed by atoms with Crippen LogP contribution in [0.1, 0.15) is 29.6 Å². The van der Waals surface area contributed by atoms with Crippen molar-refractivity contribution in [3.8, 4) is 5.75 Å². The van der Waals surface area contributed by atoms with Crippen LogP contribution in [0.3, 0.4) is 0 Å². The number of aliphatic hydroxyl groups is 1. The number of amides is 2. The molecule has 0 saturated heterocycles. The van der Waals surface area contributed by atoms with E-state index in [9.17, 15) is 14.7 Å². The molecular formula is C20H29N3O4. The Morgan fingerprint density at radius 2 is 2.00 bits per heavy atom. The van der Waals surface area contributed by atoms with E-state index in [-0.39, 0.29) is 29.9 Å². The van der Waals surface area contributed by atoms with Crippen LogP contribution in [-0.2, 0) is 4.79 Å². The first-order valence-electron chi connectivity index (χ1n) is 9.32. The first kappa shape index (κ1) is 19.5. The highest BCUT2D eigenvalue weighted by Crippen LogP contribution is 2.45. The van der Waals surface area contributed by atoms with Crippen LogP contribution < -0.4 is 9.64 Å². The lowest BCUT2D eigenvalue weighted by Gasteiger charge is -2.36. The molecule has 2 amide bonds. The van der Waals surface area contributed by atoms with Gasteiger partial charge >= 0.3 is 0 Å². The van der Waals surface area contributed by atoms with Crippen molar-refractivity contribution in [3.05, 3.63) is 23.8 Å². The van der Waals surface area contributed by atoms with E-state index in [0.717, 1.165) is 24.3 Å². The minimum Gasteiger partial charge on any atom is -0.489 e. The van der Waals surface area contributed by atoms with Gasteiger partial charge < -0.3 is 24.5 Å². The highest BCUT2D eigenvalue weighted by atomic mass is 16.5. The number of anilines is 1. The van der Waals surface area contributed by atoms with E-state index in [0.29, 0.717) is 25.1 Å². The predicted octanol–water partition coefficient (Wildman–Crippen LogP) is 1.21. The molecule has 7 heteroatoms. The van der Waals surface area contributed by atoms with Gasteiger partial charge in [-0.3, -0.25) is 9.59 Å². The zero-order chi connectivity index (χ0) is 19.8. The van der Waals surface area contributed by atoms with Crippen molar-refractivity contribution in [1.82, 2.24) is 9.80 Å². The molecule has 1 atom stereocenters. The Labute approximate surface area is 160 Å². The number of likely N-dealkylation sites (N-methyl/N-ethyl adjacent to an activating group) is 1. The molecular weight excluding hydrogens is 346 g/mol. The number of rotatable bonds is 6. The summed E-state index contributed by atoms with van der Waals surface area (Å²) in [6.07, 6.45) is 2.28. The number of carbonyl (C=O) groups excluding carboxylic acids is 2. The Hall–Kier alpha value is -2.28. The van der Waals surface area contributed by atoms with E-state index >= 15 is 0 Å². The Balaban J connectivity index is 1.68. The summed E-state index contributed by atoms with van der Waals surface area (Å²) in [6.45, 7) is 1.15. The molecule has 27 heavy (non-hydrogen) atoms. The third-order valence-corrected chi connectivity index (χ3v) is 5.67. The van der Waals surface area contributed by atoms with Gasteiger partial charge in [-0.15, -0.1) is 0 Å². The molecule has 7 nitrogen and oxygen atoms in total. The SMILES string of the molecule is CN(C)C(=O)c1ccc2c(c1)N(C)[C@H](CC(=O)N(C)CC1(CO)CC1)CO2.